The van der Waals surface area contributed by atoms with Gasteiger partial charge in [-0.3, -0.25) is 14.6 Å². The van der Waals surface area contributed by atoms with Crippen LogP contribution in [0.4, 0.5) is 0 Å². The summed E-state index contributed by atoms with van der Waals surface area (Å²) in [5.74, 6) is 0.819. The molecule has 0 spiro atoms. The standard InChI is InChI=1S/C13H13N5S2/c1-2-10(12-15-7-8-20-12)18-11(16-17-13(18)19)9-3-5-14-6-4-9/h3-8,10H,2H2,1H3,(H,17,19). The summed E-state index contributed by atoms with van der Waals surface area (Å²) >= 11 is 7.03. The van der Waals surface area contributed by atoms with Gasteiger partial charge in [0.05, 0.1) is 6.04 Å². The van der Waals surface area contributed by atoms with E-state index in [9.17, 15) is 0 Å². The third-order valence-electron chi connectivity index (χ3n) is 3.08. The lowest BCUT2D eigenvalue weighted by Gasteiger charge is -2.16. The second-order valence-corrected chi connectivity index (χ2v) is 5.57. The van der Waals surface area contributed by atoms with Gasteiger partial charge in [-0.2, -0.15) is 5.10 Å². The average molecular weight is 303 g/mol. The first-order valence-electron chi connectivity index (χ1n) is 6.28. The minimum Gasteiger partial charge on any atom is -0.290 e. The molecule has 1 unspecified atom stereocenters. The normalized spacial score (nSPS) is 12.4. The number of nitrogens with one attached hydrogen (secondary N) is 1. The molecule has 0 aliphatic rings. The predicted molar refractivity (Wildman–Crippen MR) is 81.2 cm³/mol. The van der Waals surface area contributed by atoms with Gasteiger partial charge in [-0.15, -0.1) is 11.3 Å². The van der Waals surface area contributed by atoms with Crippen molar-refractivity contribution in [3.8, 4) is 11.4 Å². The summed E-state index contributed by atoms with van der Waals surface area (Å²) in [4.78, 5) is 8.46. The summed E-state index contributed by atoms with van der Waals surface area (Å²) in [6.45, 7) is 2.12. The highest BCUT2D eigenvalue weighted by Crippen LogP contribution is 2.28. The smallest absolute Gasteiger partial charge is 0.196 e. The molecule has 0 fully saturated rings. The fraction of sp³-hybridized carbons (Fsp3) is 0.231. The number of thiazole rings is 1. The van der Waals surface area contributed by atoms with Crippen LogP contribution in [0.1, 0.15) is 24.4 Å². The van der Waals surface area contributed by atoms with Gasteiger partial charge in [0.2, 0.25) is 0 Å². The third kappa shape index (κ3) is 2.30. The average Bonchev–Trinajstić information content (AvgIpc) is 3.12. The zero-order valence-electron chi connectivity index (χ0n) is 10.9. The van der Waals surface area contributed by atoms with E-state index in [1.807, 2.05) is 28.3 Å². The van der Waals surface area contributed by atoms with E-state index in [0.717, 1.165) is 22.8 Å². The highest BCUT2D eigenvalue weighted by atomic mass is 32.1. The van der Waals surface area contributed by atoms with Crippen molar-refractivity contribution >= 4 is 23.6 Å². The first kappa shape index (κ1) is 13.1. The SMILES string of the molecule is CCC(c1nccs1)n1c(-c2ccncc2)n[nH]c1=S. The van der Waals surface area contributed by atoms with Gasteiger partial charge in [-0.1, -0.05) is 6.92 Å². The summed E-state index contributed by atoms with van der Waals surface area (Å²) < 4.78 is 2.64. The zero-order valence-corrected chi connectivity index (χ0v) is 12.5. The van der Waals surface area contributed by atoms with Crippen molar-refractivity contribution in [1.82, 2.24) is 24.7 Å². The summed E-state index contributed by atoms with van der Waals surface area (Å²) in [7, 11) is 0. The summed E-state index contributed by atoms with van der Waals surface area (Å²) in [5, 5.41) is 10.3. The van der Waals surface area contributed by atoms with E-state index in [2.05, 4.69) is 27.1 Å². The molecule has 0 bridgehead atoms. The Morgan fingerprint density at radius 2 is 2.15 bits per heavy atom. The number of H-pyrrole nitrogens is 1. The molecule has 3 rings (SSSR count). The Morgan fingerprint density at radius 1 is 1.35 bits per heavy atom. The van der Waals surface area contributed by atoms with Crippen molar-refractivity contribution in [2.45, 2.75) is 19.4 Å². The summed E-state index contributed by atoms with van der Waals surface area (Å²) in [6.07, 6.45) is 6.22. The largest absolute Gasteiger partial charge is 0.290 e. The van der Waals surface area contributed by atoms with Crippen LogP contribution in [0.15, 0.2) is 36.1 Å². The quantitative estimate of drug-likeness (QED) is 0.750. The highest BCUT2D eigenvalue weighted by molar-refractivity contribution is 7.71. The molecule has 7 heteroatoms. The maximum absolute atomic E-state index is 5.40. The van der Waals surface area contributed by atoms with Crippen molar-refractivity contribution in [2.24, 2.45) is 0 Å². The van der Waals surface area contributed by atoms with Gasteiger partial charge >= 0.3 is 0 Å². The van der Waals surface area contributed by atoms with Crippen molar-refractivity contribution in [3.05, 3.63) is 45.9 Å². The van der Waals surface area contributed by atoms with Crippen LogP contribution in [0.3, 0.4) is 0 Å². The molecule has 5 nitrogen and oxygen atoms in total. The minimum atomic E-state index is 0.101. The number of nitrogens with zero attached hydrogens (tertiary/aromatic N) is 4. The summed E-state index contributed by atoms with van der Waals surface area (Å²) in [5.41, 5.74) is 0.988. The topological polar surface area (TPSA) is 59.4 Å². The number of rotatable bonds is 4. The molecule has 20 heavy (non-hydrogen) atoms. The van der Waals surface area contributed by atoms with Crippen LogP contribution in [0.5, 0.6) is 0 Å². The molecular weight excluding hydrogens is 290 g/mol. The Balaban J connectivity index is 2.14. The molecule has 1 atom stereocenters. The van der Waals surface area contributed by atoms with Gasteiger partial charge in [-0.25, -0.2) is 4.98 Å². The van der Waals surface area contributed by atoms with Gasteiger partial charge < -0.3 is 0 Å². The number of pyridine rings is 1. The second kappa shape index (κ2) is 5.64. The maximum Gasteiger partial charge on any atom is 0.196 e. The Labute approximate surface area is 125 Å². The van der Waals surface area contributed by atoms with Crippen LogP contribution in [-0.4, -0.2) is 24.7 Å². The number of hydrogen-bond acceptors (Lipinski definition) is 5. The minimum absolute atomic E-state index is 0.101. The van der Waals surface area contributed by atoms with Crippen LogP contribution < -0.4 is 0 Å². The Hall–Kier alpha value is -1.86. The fourth-order valence-electron chi connectivity index (χ4n) is 2.17. The lowest BCUT2D eigenvalue weighted by Crippen LogP contribution is -2.11. The number of aromatic amines is 1. The van der Waals surface area contributed by atoms with E-state index < -0.39 is 0 Å². The van der Waals surface area contributed by atoms with Gasteiger partial charge in [0.25, 0.3) is 0 Å². The third-order valence-corrected chi connectivity index (χ3v) is 4.24. The molecule has 0 amide bonds. The fourth-order valence-corrected chi connectivity index (χ4v) is 3.24. The molecule has 0 aliphatic heterocycles. The van der Waals surface area contributed by atoms with Crippen molar-refractivity contribution in [1.29, 1.82) is 0 Å². The van der Waals surface area contributed by atoms with Crippen molar-refractivity contribution in [2.75, 3.05) is 0 Å². The van der Waals surface area contributed by atoms with Gasteiger partial charge in [0, 0.05) is 29.5 Å². The van der Waals surface area contributed by atoms with Gasteiger partial charge in [0.15, 0.2) is 10.6 Å². The molecular formula is C13H13N5S2. The van der Waals surface area contributed by atoms with E-state index >= 15 is 0 Å². The Bertz CT molecular complexity index is 730. The predicted octanol–water partition coefficient (Wildman–Crippen LogP) is 3.46. The van der Waals surface area contributed by atoms with E-state index in [0.29, 0.717) is 4.77 Å². The van der Waals surface area contributed by atoms with Gasteiger partial charge in [-0.05, 0) is 30.8 Å². The first-order valence-corrected chi connectivity index (χ1v) is 7.56. The van der Waals surface area contributed by atoms with E-state index in [-0.39, 0.29) is 6.04 Å². The molecule has 3 aromatic heterocycles. The molecule has 102 valence electrons. The number of aromatic nitrogens is 5. The molecule has 1 N–H and O–H groups in total. The lowest BCUT2D eigenvalue weighted by molar-refractivity contribution is 0.561. The molecule has 0 aromatic carbocycles. The van der Waals surface area contributed by atoms with Crippen molar-refractivity contribution < 1.29 is 0 Å². The molecule has 3 heterocycles. The lowest BCUT2D eigenvalue weighted by atomic mass is 10.2. The van der Waals surface area contributed by atoms with Crippen LogP contribution in [0, 0.1) is 4.77 Å². The van der Waals surface area contributed by atoms with Crippen LogP contribution in [-0.2, 0) is 0 Å². The molecule has 3 aromatic rings. The van der Waals surface area contributed by atoms with Crippen LogP contribution >= 0.6 is 23.6 Å². The monoisotopic (exact) mass is 303 g/mol. The Kier molecular flexibility index (Phi) is 3.70. The van der Waals surface area contributed by atoms with Crippen LogP contribution in [0.25, 0.3) is 11.4 Å². The first-order chi connectivity index (χ1) is 9.81. The van der Waals surface area contributed by atoms with E-state index in [1.165, 1.54) is 0 Å². The molecule has 0 radical (unpaired) electrons. The molecule has 0 saturated carbocycles. The zero-order chi connectivity index (χ0) is 13.9. The second-order valence-electron chi connectivity index (χ2n) is 4.25. The van der Waals surface area contributed by atoms with Crippen molar-refractivity contribution in [3.63, 3.8) is 0 Å². The Morgan fingerprint density at radius 3 is 2.80 bits per heavy atom. The molecule has 0 saturated heterocycles. The molecule has 0 aliphatic carbocycles. The highest BCUT2D eigenvalue weighted by Gasteiger charge is 2.20. The van der Waals surface area contributed by atoms with E-state index in [4.69, 9.17) is 12.2 Å². The van der Waals surface area contributed by atoms with Crippen LogP contribution in [0.2, 0.25) is 0 Å². The number of hydrogen-bond donors (Lipinski definition) is 1. The van der Waals surface area contributed by atoms with E-state index in [1.54, 1.807) is 23.7 Å². The van der Waals surface area contributed by atoms with Gasteiger partial charge in [0.1, 0.15) is 5.01 Å². The maximum atomic E-state index is 5.40. The summed E-state index contributed by atoms with van der Waals surface area (Å²) in [6, 6.07) is 3.95.